The van der Waals surface area contributed by atoms with Gasteiger partial charge < -0.3 is 4.90 Å². The van der Waals surface area contributed by atoms with Crippen molar-refractivity contribution in [1.82, 2.24) is 4.98 Å². The van der Waals surface area contributed by atoms with Gasteiger partial charge in [0.2, 0.25) is 15.0 Å². The Bertz CT molecular complexity index is 576. The molecule has 18 heavy (non-hydrogen) atoms. The van der Waals surface area contributed by atoms with Crippen molar-refractivity contribution in [3.05, 3.63) is 23.5 Å². The summed E-state index contributed by atoms with van der Waals surface area (Å²) in [6.07, 6.45) is 1.67. The Kier molecular flexibility index (Phi) is 3.79. The Morgan fingerprint density at radius 3 is 2.83 bits per heavy atom. The van der Waals surface area contributed by atoms with Crippen LogP contribution in [-0.4, -0.2) is 31.6 Å². The number of halogens is 2. The maximum atomic E-state index is 11.8. The summed E-state index contributed by atoms with van der Waals surface area (Å²) in [6, 6.07) is 3.34. The highest BCUT2D eigenvalue weighted by molar-refractivity contribution is 8.13. The molecule has 2 heterocycles. The van der Waals surface area contributed by atoms with E-state index >= 15 is 0 Å². The Morgan fingerprint density at radius 1 is 1.50 bits per heavy atom. The number of rotatable bonds is 3. The molecule has 5 nitrogen and oxygen atoms in total. The van der Waals surface area contributed by atoms with Gasteiger partial charge in [-0.15, -0.1) is 0 Å². The predicted molar refractivity (Wildman–Crippen MR) is 69.3 cm³/mol. The number of nitrogens with zero attached hydrogens (tertiary/aromatic N) is 2. The highest BCUT2D eigenvalue weighted by Crippen LogP contribution is 2.30. The zero-order chi connectivity index (χ0) is 13.3. The number of anilines is 1. The van der Waals surface area contributed by atoms with Crippen LogP contribution in [0.2, 0.25) is 5.15 Å². The lowest BCUT2D eigenvalue weighted by molar-refractivity contribution is -0.117. The van der Waals surface area contributed by atoms with E-state index in [0.29, 0.717) is 5.69 Å². The fourth-order valence-electron chi connectivity index (χ4n) is 1.99. The first-order valence-corrected chi connectivity index (χ1v) is 8.05. The topological polar surface area (TPSA) is 67.3 Å². The van der Waals surface area contributed by atoms with Crippen LogP contribution in [0.1, 0.15) is 6.42 Å². The summed E-state index contributed by atoms with van der Waals surface area (Å²) in [6.45, 7) is 0.288. The molecule has 2 rings (SSSR count). The quantitative estimate of drug-likeness (QED) is 0.629. The SMILES string of the molecule is O=C1CC(CS(=O)(=O)Cl)CN1c1cccnc1Cl. The largest absolute Gasteiger partial charge is 0.309 e. The van der Waals surface area contributed by atoms with Gasteiger partial charge in [-0.3, -0.25) is 4.79 Å². The highest BCUT2D eigenvalue weighted by atomic mass is 35.7. The number of amides is 1. The molecule has 0 saturated carbocycles. The monoisotopic (exact) mass is 308 g/mol. The molecule has 0 radical (unpaired) electrons. The van der Waals surface area contributed by atoms with E-state index in [9.17, 15) is 13.2 Å². The van der Waals surface area contributed by atoms with Crippen molar-refractivity contribution in [1.29, 1.82) is 0 Å². The van der Waals surface area contributed by atoms with Crippen molar-refractivity contribution >= 4 is 42.9 Å². The molecule has 0 aromatic carbocycles. The van der Waals surface area contributed by atoms with Crippen molar-refractivity contribution in [3.63, 3.8) is 0 Å². The second-order valence-corrected chi connectivity index (χ2v) is 7.27. The molecule has 1 fully saturated rings. The van der Waals surface area contributed by atoms with E-state index in [1.165, 1.54) is 11.1 Å². The van der Waals surface area contributed by atoms with Crippen molar-refractivity contribution < 1.29 is 13.2 Å². The van der Waals surface area contributed by atoms with Gasteiger partial charge in [-0.1, -0.05) is 11.6 Å². The third-order valence-electron chi connectivity index (χ3n) is 2.67. The van der Waals surface area contributed by atoms with E-state index in [1.54, 1.807) is 12.1 Å². The van der Waals surface area contributed by atoms with Crippen LogP contribution >= 0.6 is 22.3 Å². The van der Waals surface area contributed by atoms with Gasteiger partial charge in [-0.05, 0) is 12.1 Å². The maximum absolute atomic E-state index is 11.8. The number of pyridine rings is 1. The molecule has 1 aliphatic rings. The van der Waals surface area contributed by atoms with Gasteiger partial charge in [0.25, 0.3) is 0 Å². The van der Waals surface area contributed by atoms with Crippen LogP contribution in [0.15, 0.2) is 18.3 Å². The van der Waals surface area contributed by atoms with Crippen LogP contribution in [0.3, 0.4) is 0 Å². The minimum atomic E-state index is -3.60. The van der Waals surface area contributed by atoms with Crippen LogP contribution in [0.25, 0.3) is 0 Å². The molecular formula is C10H10Cl2N2O3S. The maximum Gasteiger partial charge on any atom is 0.232 e. The Labute approximate surface area is 114 Å². The molecule has 1 aliphatic heterocycles. The molecule has 98 valence electrons. The Hall–Kier alpha value is -0.850. The van der Waals surface area contributed by atoms with Gasteiger partial charge in [0, 0.05) is 35.8 Å². The normalized spacial score (nSPS) is 20.4. The van der Waals surface area contributed by atoms with E-state index in [4.69, 9.17) is 22.3 Å². The molecule has 1 amide bonds. The minimum absolute atomic E-state index is 0.150. The number of hydrogen-bond donors (Lipinski definition) is 0. The van der Waals surface area contributed by atoms with Gasteiger partial charge in [-0.25, -0.2) is 13.4 Å². The standard InChI is InChI=1S/C10H10Cl2N2O3S/c11-10-8(2-1-3-13-10)14-5-7(4-9(14)15)6-18(12,16)17/h1-3,7H,4-6H2. The van der Waals surface area contributed by atoms with E-state index in [1.807, 2.05) is 0 Å². The van der Waals surface area contributed by atoms with Gasteiger partial charge in [0.15, 0.2) is 5.15 Å². The van der Waals surface area contributed by atoms with E-state index in [2.05, 4.69) is 4.98 Å². The fourth-order valence-corrected chi connectivity index (χ4v) is 3.53. The zero-order valence-electron chi connectivity index (χ0n) is 9.21. The average molecular weight is 309 g/mol. The third-order valence-corrected chi connectivity index (χ3v) is 4.21. The van der Waals surface area contributed by atoms with Gasteiger partial charge in [-0.2, -0.15) is 0 Å². The molecule has 1 atom stereocenters. The van der Waals surface area contributed by atoms with Crippen molar-refractivity contribution in [2.45, 2.75) is 6.42 Å². The van der Waals surface area contributed by atoms with Crippen molar-refractivity contribution in [3.8, 4) is 0 Å². The lowest BCUT2D eigenvalue weighted by Gasteiger charge is -2.17. The molecule has 0 spiro atoms. The number of carbonyl (C=O) groups excluding carboxylic acids is 1. The first kappa shape index (κ1) is 13.6. The number of aromatic nitrogens is 1. The molecule has 1 saturated heterocycles. The molecule has 8 heteroatoms. The summed E-state index contributed by atoms with van der Waals surface area (Å²) >= 11 is 5.90. The van der Waals surface area contributed by atoms with Crippen LogP contribution in [0.4, 0.5) is 5.69 Å². The van der Waals surface area contributed by atoms with Crippen molar-refractivity contribution in [2.75, 3.05) is 17.2 Å². The minimum Gasteiger partial charge on any atom is -0.309 e. The molecule has 1 aromatic rings. The average Bonchev–Trinajstić information content (AvgIpc) is 2.57. The molecule has 0 aliphatic carbocycles. The van der Waals surface area contributed by atoms with Gasteiger partial charge in [0.05, 0.1) is 11.4 Å². The molecule has 1 unspecified atom stereocenters. The Morgan fingerprint density at radius 2 is 2.22 bits per heavy atom. The highest BCUT2D eigenvalue weighted by Gasteiger charge is 2.34. The first-order valence-electron chi connectivity index (χ1n) is 5.20. The van der Waals surface area contributed by atoms with Crippen LogP contribution in [-0.2, 0) is 13.8 Å². The summed E-state index contributed by atoms with van der Waals surface area (Å²) in [7, 11) is 1.59. The fraction of sp³-hybridized carbons (Fsp3) is 0.400. The summed E-state index contributed by atoms with van der Waals surface area (Å²) < 4.78 is 22.0. The zero-order valence-corrected chi connectivity index (χ0v) is 11.5. The second-order valence-electron chi connectivity index (χ2n) is 4.09. The summed E-state index contributed by atoms with van der Waals surface area (Å²) in [5.41, 5.74) is 0.499. The number of hydrogen-bond acceptors (Lipinski definition) is 4. The predicted octanol–water partition coefficient (Wildman–Crippen LogP) is 1.66. The lowest BCUT2D eigenvalue weighted by Crippen LogP contribution is -2.25. The lowest BCUT2D eigenvalue weighted by atomic mass is 10.1. The Balaban J connectivity index is 2.18. The van der Waals surface area contributed by atoms with Crippen LogP contribution < -0.4 is 4.90 Å². The number of carbonyl (C=O) groups is 1. The smallest absolute Gasteiger partial charge is 0.232 e. The van der Waals surface area contributed by atoms with Gasteiger partial charge >= 0.3 is 0 Å². The summed E-state index contributed by atoms with van der Waals surface area (Å²) in [4.78, 5) is 17.2. The second kappa shape index (κ2) is 5.03. The molecular weight excluding hydrogens is 299 g/mol. The van der Waals surface area contributed by atoms with Crippen LogP contribution in [0.5, 0.6) is 0 Å². The van der Waals surface area contributed by atoms with E-state index < -0.39 is 9.05 Å². The first-order chi connectivity index (χ1) is 8.37. The van der Waals surface area contributed by atoms with E-state index in [-0.39, 0.29) is 35.7 Å². The molecule has 1 aromatic heterocycles. The van der Waals surface area contributed by atoms with Gasteiger partial charge in [0.1, 0.15) is 0 Å². The third kappa shape index (κ3) is 3.13. The van der Waals surface area contributed by atoms with Crippen LogP contribution in [0, 0.1) is 5.92 Å². The van der Waals surface area contributed by atoms with Crippen molar-refractivity contribution in [2.24, 2.45) is 5.92 Å². The summed E-state index contributed by atoms with van der Waals surface area (Å²) in [5, 5.41) is 0.222. The summed E-state index contributed by atoms with van der Waals surface area (Å²) in [5.74, 6) is -0.694. The van der Waals surface area contributed by atoms with E-state index in [0.717, 1.165) is 0 Å². The molecule has 0 N–H and O–H groups in total. The molecule has 0 bridgehead atoms.